The quantitative estimate of drug-likeness (QED) is 0.206. The van der Waals surface area contributed by atoms with Crippen molar-refractivity contribution in [3.63, 3.8) is 0 Å². The van der Waals surface area contributed by atoms with Gasteiger partial charge in [-0.05, 0) is 25.3 Å². The standard InChI is InChI=1S/C18H30ClN3O2.HI/c1-4-20-18(21-10-12-24-11-9-14(2)3)22-13-17(23)15-7-5-6-8-16(15)19;/h5-8,14,17,23H,4,9-13H2,1-3H3,(H2,20,21,22);1H. The van der Waals surface area contributed by atoms with Crippen LogP contribution in [0.4, 0.5) is 0 Å². The van der Waals surface area contributed by atoms with E-state index in [0.29, 0.717) is 35.6 Å². The van der Waals surface area contributed by atoms with Crippen molar-refractivity contribution in [1.29, 1.82) is 0 Å². The molecule has 1 aromatic rings. The molecule has 7 heteroatoms. The summed E-state index contributed by atoms with van der Waals surface area (Å²) in [6.07, 6.45) is 0.342. The minimum atomic E-state index is -0.726. The van der Waals surface area contributed by atoms with E-state index in [4.69, 9.17) is 16.3 Å². The molecule has 1 atom stereocenters. The summed E-state index contributed by atoms with van der Waals surface area (Å²) in [5.74, 6) is 1.32. The second-order valence-electron chi connectivity index (χ2n) is 5.98. The first-order chi connectivity index (χ1) is 11.5. The molecule has 0 aromatic heterocycles. The molecule has 0 saturated heterocycles. The molecule has 0 aliphatic carbocycles. The van der Waals surface area contributed by atoms with Crippen LogP contribution in [-0.2, 0) is 4.74 Å². The van der Waals surface area contributed by atoms with Gasteiger partial charge in [-0.2, -0.15) is 0 Å². The van der Waals surface area contributed by atoms with Crippen LogP contribution >= 0.6 is 35.6 Å². The zero-order chi connectivity index (χ0) is 17.8. The van der Waals surface area contributed by atoms with E-state index in [1.165, 1.54) is 0 Å². The van der Waals surface area contributed by atoms with Crippen LogP contribution in [0.1, 0.15) is 38.9 Å². The molecule has 144 valence electrons. The van der Waals surface area contributed by atoms with Crippen LogP contribution in [0, 0.1) is 5.92 Å². The Bertz CT molecular complexity index is 501. The summed E-state index contributed by atoms with van der Waals surface area (Å²) in [7, 11) is 0. The number of nitrogens with one attached hydrogen (secondary N) is 2. The van der Waals surface area contributed by atoms with Crippen LogP contribution in [0.5, 0.6) is 0 Å². The van der Waals surface area contributed by atoms with E-state index in [-0.39, 0.29) is 30.5 Å². The van der Waals surface area contributed by atoms with Crippen LogP contribution in [0.25, 0.3) is 0 Å². The molecule has 0 amide bonds. The van der Waals surface area contributed by atoms with Gasteiger partial charge in [0.1, 0.15) is 6.10 Å². The first-order valence-corrected chi connectivity index (χ1v) is 8.94. The number of aliphatic hydroxyl groups is 1. The number of halogens is 2. The SMILES string of the molecule is CCNC(=NCC(O)c1ccccc1Cl)NCCOCCC(C)C.I. The molecule has 0 heterocycles. The monoisotopic (exact) mass is 483 g/mol. The van der Waals surface area contributed by atoms with Gasteiger partial charge in [0, 0.05) is 30.3 Å². The fraction of sp³-hybridized carbons (Fsp3) is 0.611. The van der Waals surface area contributed by atoms with Crippen molar-refractivity contribution in [1.82, 2.24) is 10.6 Å². The van der Waals surface area contributed by atoms with Gasteiger partial charge in [-0.3, -0.25) is 4.99 Å². The lowest BCUT2D eigenvalue weighted by Crippen LogP contribution is -2.39. The van der Waals surface area contributed by atoms with Crippen LogP contribution in [0.15, 0.2) is 29.3 Å². The molecule has 0 spiro atoms. The summed E-state index contributed by atoms with van der Waals surface area (Å²) >= 11 is 6.09. The van der Waals surface area contributed by atoms with E-state index >= 15 is 0 Å². The van der Waals surface area contributed by atoms with Gasteiger partial charge in [-0.15, -0.1) is 24.0 Å². The largest absolute Gasteiger partial charge is 0.386 e. The van der Waals surface area contributed by atoms with Crippen molar-refractivity contribution in [2.45, 2.75) is 33.3 Å². The van der Waals surface area contributed by atoms with E-state index in [9.17, 15) is 5.11 Å². The van der Waals surface area contributed by atoms with Gasteiger partial charge in [0.15, 0.2) is 5.96 Å². The molecule has 1 rings (SSSR count). The molecule has 1 unspecified atom stereocenters. The molecule has 0 aliphatic heterocycles. The minimum absolute atomic E-state index is 0. The van der Waals surface area contributed by atoms with Crippen molar-refractivity contribution in [2.24, 2.45) is 10.9 Å². The molecule has 25 heavy (non-hydrogen) atoms. The Morgan fingerprint density at radius 2 is 1.96 bits per heavy atom. The smallest absolute Gasteiger partial charge is 0.191 e. The number of guanidine groups is 1. The highest BCUT2D eigenvalue weighted by Crippen LogP contribution is 2.22. The zero-order valence-corrected chi connectivity index (χ0v) is 18.4. The van der Waals surface area contributed by atoms with Gasteiger partial charge in [0.25, 0.3) is 0 Å². The van der Waals surface area contributed by atoms with Gasteiger partial charge in [0.2, 0.25) is 0 Å². The molecule has 3 N–H and O–H groups in total. The molecule has 0 saturated carbocycles. The first-order valence-electron chi connectivity index (χ1n) is 8.57. The van der Waals surface area contributed by atoms with Crippen molar-refractivity contribution in [3.8, 4) is 0 Å². The average Bonchev–Trinajstić information content (AvgIpc) is 2.55. The number of hydrogen-bond donors (Lipinski definition) is 3. The Kier molecular flexibility index (Phi) is 14.3. The molecule has 0 aliphatic rings. The van der Waals surface area contributed by atoms with Gasteiger partial charge in [-0.1, -0.05) is 43.6 Å². The molecule has 1 aromatic carbocycles. The number of hydrogen-bond acceptors (Lipinski definition) is 3. The second-order valence-corrected chi connectivity index (χ2v) is 6.39. The summed E-state index contributed by atoms with van der Waals surface area (Å²) in [6.45, 7) is 9.44. The number of aliphatic hydroxyl groups excluding tert-OH is 1. The molecular weight excluding hydrogens is 453 g/mol. The Morgan fingerprint density at radius 3 is 2.60 bits per heavy atom. The van der Waals surface area contributed by atoms with Crippen molar-refractivity contribution in [2.75, 3.05) is 32.8 Å². The Morgan fingerprint density at radius 1 is 1.24 bits per heavy atom. The predicted octanol–water partition coefficient (Wildman–Crippen LogP) is 3.61. The fourth-order valence-corrected chi connectivity index (χ4v) is 2.29. The number of aliphatic imine (C=N–C) groups is 1. The van der Waals surface area contributed by atoms with Crippen molar-refractivity contribution in [3.05, 3.63) is 34.9 Å². The summed E-state index contributed by atoms with van der Waals surface area (Å²) in [4.78, 5) is 4.41. The van der Waals surface area contributed by atoms with Gasteiger partial charge < -0.3 is 20.5 Å². The van der Waals surface area contributed by atoms with E-state index in [0.717, 1.165) is 19.6 Å². The lowest BCUT2D eigenvalue weighted by molar-refractivity contribution is 0.128. The summed E-state index contributed by atoms with van der Waals surface area (Å²) < 4.78 is 5.57. The molecule has 0 bridgehead atoms. The lowest BCUT2D eigenvalue weighted by atomic mass is 10.1. The highest BCUT2D eigenvalue weighted by Gasteiger charge is 2.10. The average molecular weight is 484 g/mol. The van der Waals surface area contributed by atoms with Crippen LogP contribution < -0.4 is 10.6 Å². The maximum absolute atomic E-state index is 10.2. The second kappa shape index (κ2) is 14.6. The maximum atomic E-state index is 10.2. The topological polar surface area (TPSA) is 65.9 Å². The number of ether oxygens (including phenoxy) is 1. The van der Waals surface area contributed by atoms with E-state index < -0.39 is 6.10 Å². The van der Waals surface area contributed by atoms with Crippen LogP contribution in [-0.4, -0.2) is 43.9 Å². The van der Waals surface area contributed by atoms with Crippen molar-refractivity contribution < 1.29 is 9.84 Å². The fourth-order valence-electron chi connectivity index (χ4n) is 2.03. The maximum Gasteiger partial charge on any atom is 0.191 e. The molecule has 0 radical (unpaired) electrons. The van der Waals surface area contributed by atoms with E-state index in [1.54, 1.807) is 6.07 Å². The third kappa shape index (κ3) is 10.9. The molecular formula is C18H31ClIN3O2. The molecule has 5 nitrogen and oxygen atoms in total. The predicted molar refractivity (Wildman–Crippen MR) is 116 cm³/mol. The zero-order valence-electron chi connectivity index (χ0n) is 15.3. The van der Waals surface area contributed by atoms with Gasteiger partial charge >= 0.3 is 0 Å². The van der Waals surface area contributed by atoms with E-state index in [1.807, 2.05) is 25.1 Å². The highest BCUT2D eigenvalue weighted by molar-refractivity contribution is 14.0. The Labute approximate surface area is 173 Å². The third-order valence-electron chi connectivity index (χ3n) is 3.41. The van der Waals surface area contributed by atoms with Crippen molar-refractivity contribution >= 4 is 41.5 Å². The number of nitrogens with zero attached hydrogens (tertiary/aromatic N) is 1. The van der Waals surface area contributed by atoms with Gasteiger partial charge in [0.05, 0.1) is 13.2 Å². The number of rotatable bonds is 10. The van der Waals surface area contributed by atoms with Crippen LogP contribution in [0.3, 0.4) is 0 Å². The summed E-state index contributed by atoms with van der Waals surface area (Å²) in [5, 5.41) is 17.1. The molecule has 0 fully saturated rings. The normalized spacial score (nSPS) is 12.6. The highest BCUT2D eigenvalue weighted by atomic mass is 127. The Hall–Kier alpha value is -0.570. The summed E-state index contributed by atoms with van der Waals surface area (Å²) in [5.41, 5.74) is 0.691. The first kappa shape index (κ1) is 24.4. The summed E-state index contributed by atoms with van der Waals surface area (Å²) in [6, 6.07) is 7.27. The minimum Gasteiger partial charge on any atom is -0.386 e. The van der Waals surface area contributed by atoms with Gasteiger partial charge in [-0.25, -0.2) is 0 Å². The third-order valence-corrected chi connectivity index (χ3v) is 3.75. The van der Waals surface area contributed by atoms with E-state index in [2.05, 4.69) is 29.5 Å². The number of benzene rings is 1. The van der Waals surface area contributed by atoms with Crippen LogP contribution in [0.2, 0.25) is 5.02 Å². The Balaban J connectivity index is 0.00000576. The lowest BCUT2D eigenvalue weighted by Gasteiger charge is -2.14.